The van der Waals surface area contributed by atoms with Crippen LogP contribution in [0.5, 0.6) is 0 Å². The first-order valence-electron chi connectivity index (χ1n) is 10.6. The average molecular weight is 482 g/mol. The molecule has 3 heterocycles. The number of ether oxygens (including phenoxy) is 1. The molecule has 1 fully saturated rings. The molecule has 1 aliphatic heterocycles. The number of hydrogen-bond donors (Lipinski definition) is 0. The van der Waals surface area contributed by atoms with Gasteiger partial charge in [-0.3, -0.25) is 14.7 Å². The summed E-state index contributed by atoms with van der Waals surface area (Å²) in [6.45, 7) is 1.31. The predicted octanol–water partition coefficient (Wildman–Crippen LogP) is 4.51. The first-order valence-corrected chi connectivity index (χ1v) is 11.6. The van der Waals surface area contributed by atoms with Crippen molar-refractivity contribution in [3.8, 4) is 22.8 Å². The van der Waals surface area contributed by atoms with Crippen molar-refractivity contribution in [3.05, 3.63) is 70.4 Å². The number of non-ortho nitro benzene ring substituents is 1. The number of hydrogen-bond acceptors (Lipinski definition) is 9. The van der Waals surface area contributed by atoms with E-state index >= 15 is 0 Å². The Hall–Kier alpha value is -3.64. The highest BCUT2D eigenvalue weighted by Gasteiger charge is 2.22. The van der Waals surface area contributed by atoms with E-state index in [-0.39, 0.29) is 23.5 Å². The van der Waals surface area contributed by atoms with Gasteiger partial charge in [-0.05, 0) is 49.2 Å². The number of aromatic nitrogens is 5. The van der Waals surface area contributed by atoms with E-state index in [9.17, 15) is 14.5 Å². The van der Waals surface area contributed by atoms with Gasteiger partial charge >= 0.3 is 0 Å². The molecule has 10 nitrogen and oxygen atoms in total. The molecule has 34 heavy (non-hydrogen) atoms. The van der Waals surface area contributed by atoms with Crippen LogP contribution in [0, 0.1) is 15.9 Å². The molecule has 174 valence electrons. The molecule has 0 saturated carbocycles. The van der Waals surface area contributed by atoms with Gasteiger partial charge in [-0.15, -0.1) is 20.4 Å². The molecular weight excluding hydrogens is 463 g/mol. The molecule has 4 aromatic rings. The Morgan fingerprint density at radius 2 is 1.82 bits per heavy atom. The largest absolute Gasteiger partial charge is 0.420 e. The lowest BCUT2D eigenvalue weighted by atomic mass is 10.2. The van der Waals surface area contributed by atoms with Crippen LogP contribution in [0.2, 0.25) is 0 Å². The van der Waals surface area contributed by atoms with Crippen molar-refractivity contribution in [1.82, 2.24) is 25.0 Å². The first-order chi connectivity index (χ1) is 16.6. The number of benzene rings is 2. The van der Waals surface area contributed by atoms with Crippen LogP contribution in [-0.4, -0.2) is 42.6 Å². The highest BCUT2D eigenvalue weighted by Crippen LogP contribution is 2.29. The molecule has 0 amide bonds. The van der Waals surface area contributed by atoms with Gasteiger partial charge in [0.2, 0.25) is 11.8 Å². The van der Waals surface area contributed by atoms with Gasteiger partial charge in [0.05, 0.1) is 23.3 Å². The molecule has 0 unspecified atom stereocenters. The van der Waals surface area contributed by atoms with Crippen LogP contribution in [0.1, 0.15) is 18.7 Å². The second kappa shape index (κ2) is 9.69. The van der Waals surface area contributed by atoms with Gasteiger partial charge in [0.25, 0.3) is 5.69 Å². The van der Waals surface area contributed by atoms with E-state index in [0.717, 1.165) is 25.0 Å². The molecule has 2 aromatic heterocycles. The number of nitro benzene ring substituents is 1. The maximum absolute atomic E-state index is 13.4. The molecule has 1 saturated heterocycles. The van der Waals surface area contributed by atoms with E-state index in [1.807, 2.05) is 4.57 Å². The first kappa shape index (κ1) is 22.2. The van der Waals surface area contributed by atoms with Gasteiger partial charge in [0.1, 0.15) is 5.82 Å². The van der Waals surface area contributed by atoms with E-state index in [0.29, 0.717) is 34.7 Å². The molecule has 2 aromatic carbocycles. The molecule has 1 atom stereocenters. The molecule has 0 radical (unpaired) electrons. The molecule has 0 bridgehead atoms. The van der Waals surface area contributed by atoms with Crippen LogP contribution in [0.25, 0.3) is 22.8 Å². The van der Waals surface area contributed by atoms with Crippen molar-refractivity contribution in [3.63, 3.8) is 0 Å². The number of nitro groups is 1. The van der Waals surface area contributed by atoms with Crippen LogP contribution >= 0.6 is 11.8 Å². The van der Waals surface area contributed by atoms with Crippen molar-refractivity contribution in [1.29, 1.82) is 0 Å². The van der Waals surface area contributed by atoms with Crippen LogP contribution in [0.3, 0.4) is 0 Å². The van der Waals surface area contributed by atoms with Gasteiger partial charge in [-0.1, -0.05) is 11.8 Å². The zero-order valence-electron chi connectivity index (χ0n) is 17.8. The summed E-state index contributed by atoms with van der Waals surface area (Å²) in [5.41, 5.74) is 1.34. The third-order valence-electron chi connectivity index (χ3n) is 5.35. The maximum atomic E-state index is 13.4. The molecule has 12 heteroatoms. The Balaban J connectivity index is 1.34. The molecule has 1 aliphatic rings. The van der Waals surface area contributed by atoms with Crippen LogP contribution in [0.15, 0.2) is 58.1 Å². The van der Waals surface area contributed by atoms with Crippen molar-refractivity contribution in [2.24, 2.45) is 0 Å². The molecule has 0 N–H and O–H groups in total. The third-order valence-corrected chi connectivity index (χ3v) is 6.30. The lowest BCUT2D eigenvalue weighted by Gasteiger charge is -2.14. The topological polar surface area (TPSA) is 122 Å². The van der Waals surface area contributed by atoms with E-state index in [1.165, 1.54) is 36.0 Å². The predicted molar refractivity (Wildman–Crippen MR) is 120 cm³/mol. The summed E-state index contributed by atoms with van der Waals surface area (Å²) in [4.78, 5) is 10.4. The number of halogens is 1. The quantitative estimate of drug-likeness (QED) is 0.203. The lowest BCUT2D eigenvalue weighted by molar-refractivity contribution is -0.384. The van der Waals surface area contributed by atoms with Crippen molar-refractivity contribution in [2.45, 2.75) is 36.4 Å². The average Bonchev–Trinajstić information content (AvgIpc) is 3.61. The lowest BCUT2D eigenvalue weighted by Crippen LogP contribution is -2.16. The summed E-state index contributed by atoms with van der Waals surface area (Å²) in [5.74, 6) is 1.33. The maximum Gasteiger partial charge on any atom is 0.269 e. The summed E-state index contributed by atoms with van der Waals surface area (Å²) in [6, 6.07) is 12.0. The normalized spacial score (nSPS) is 15.6. The van der Waals surface area contributed by atoms with Crippen molar-refractivity contribution < 1.29 is 18.5 Å². The fourth-order valence-electron chi connectivity index (χ4n) is 3.65. The summed E-state index contributed by atoms with van der Waals surface area (Å²) >= 11 is 1.39. The molecule has 5 rings (SSSR count). The van der Waals surface area contributed by atoms with Gasteiger partial charge in [0, 0.05) is 29.9 Å². The van der Waals surface area contributed by atoms with E-state index < -0.39 is 4.92 Å². The van der Waals surface area contributed by atoms with Crippen LogP contribution in [0.4, 0.5) is 10.1 Å². The van der Waals surface area contributed by atoms with Crippen molar-refractivity contribution >= 4 is 17.4 Å². The minimum atomic E-state index is -0.466. The van der Waals surface area contributed by atoms with Gasteiger partial charge in [-0.2, -0.15) is 0 Å². The standard InChI is InChI=1S/C22H19FN6O4S/c23-16-7-3-14(4-8-16)20-25-27-22(28(20)12-18-2-1-11-32-18)34-13-19-24-26-21(33-19)15-5-9-17(10-6-15)29(30)31/h3-10,18H,1-2,11-13H2/t18-/m1/s1. The smallest absolute Gasteiger partial charge is 0.269 e. The van der Waals surface area contributed by atoms with E-state index in [2.05, 4.69) is 20.4 Å². The monoisotopic (exact) mass is 482 g/mol. The summed E-state index contributed by atoms with van der Waals surface area (Å²) in [5, 5.41) is 28.3. The molecular formula is C22H19FN6O4S. The number of rotatable bonds is 8. The molecule has 0 spiro atoms. The Bertz CT molecular complexity index is 1290. The highest BCUT2D eigenvalue weighted by atomic mass is 32.2. The zero-order chi connectivity index (χ0) is 23.5. The summed E-state index contributed by atoms with van der Waals surface area (Å²) in [6.07, 6.45) is 2.02. The Morgan fingerprint density at radius 3 is 2.53 bits per heavy atom. The highest BCUT2D eigenvalue weighted by molar-refractivity contribution is 7.98. The minimum absolute atomic E-state index is 0.0124. The third kappa shape index (κ3) is 4.82. The Labute approximate surface area is 197 Å². The van der Waals surface area contributed by atoms with Gasteiger partial charge in [-0.25, -0.2) is 4.39 Å². The number of nitrogens with zero attached hydrogens (tertiary/aromatic N) is 6. The second-order valence-electron chi connectivity index (χ2n) is 7.65. The summed E-state index contributed by atoms with van der Waals surface area (Å²) < 4.78 is 26.9. The van der Waals surface area contributed by atoms with Crippen molar-refractivity contribution in [2.75, 3.05) is 6.61 Å². The summed E-state index contributed by atoms with van der Waals surface area (Å²) in [7, 11) is 0. The SMILES string of the molecule is O=[N+]([O-])c1ccc(-c2nnc(CSc3nnc(-c4ccc(F)cc4)n3C[C@H]3CCCO3)o2)cc1. The minimum Gasteiger partial charge on any atom is -0.420 e. The Morgan fingerprint density at radius 1 is 1.06 bits per heavy atom. The zero-order valence-corrected chi connectivity index (χ0v) is 18.7. The second-order valence-corrected chi connectivity index (χ2v) is 8.59. The van der Waals surface area contributed by atoms with Gasteiger partial charge < -0.3 is 9.15 Å². The fraction of sp³-hybridized carbons (Fsp3) is 0.273. The van der Waals surface area contributed by atoms with Gasteiger partial charge in [0.15, 0.2) is 11.0 Å². The van der Waals surface area contributed by atoms with E-state index in [1.54, 1.807) is 24.3 Å². The fourth-order valence-corrected chi connectivity index (χ4v) is 4.43. The van der Waals surface area contributed by atoms with E-state index in [4.69, 9.17) is 9.15 Å². The van der Waals surface area contributed by atoms with Crippen LogP contribution in [-0.2, 0) is 17.0 Å². The molecule has 0 aliphatic carbocycles. The Kier molecular flexibility index (Phi) is 6.32. The van der Waals surface area contributed by atoms with Crippen LogP contribution < -0.4 is 0 Å². The number of thioether (sulfide) groups is 1.